The Morgan fingerprint density at radius 3 is 0.953 bits per heavy atom. The van der Waals surface area contributed by atoms with Crippen LogP contribution in [-0.4, -0.2) is 37.2 Å². The number of carbonyl (C=O) groups is 3. The molecule has 0 spiro atoms. The van der Waals surface area contributed by atoms with Crippen LogP contribution in [0.2, 0.25) is 0 Å². The maximum Gasteiger partial charge on any atom is 0.306 e. The number of hydrogen-bond acceptors (Lipinski definition) is 6. The van der Waals surface area contributed by atoms with Gasteiger partial charge in [0.15, 0.2) is 6.10 Å². The average Bonchev–Trinajstić information content (AvgIpc) is 3.29. The molecule has 0 aromatic carbocycles. The van der Waals surface area contributed by atoms with E-state index in [1.807, 2.05) is 0 Å². The molecule has 1 atom stereocenters. The Morgan fingerprint density at radius 1 is 0.328 bits per heavy atom. The van der Waals surface area contributed by atoms with Crippen LogP contribution in [0.3, 0.4) is 0 Å². The topological polar surface area (TPSA) is 78.9 Å². The van der Waals surface area contributed by atoms with Crippen LogP contribution in [0, 0.1) is 0 Å². The average molecular weight is 895 g/mol. The van der Waals surface area contributed by atoms with E-state index in [2.05, 4.69) is 81.5 Å². The fourth-order valence-corrected chi connectivity index (χ4v) is 7.70. The second kappa shape index (κ2) is 52.7. The summed E-state index contributed by atoms with van der Waals surface area (Å²) >= 11 is 0. The molecule has 1 unspecified atom stereocenters. The van der Waals surface area contributed by atoms with Crippen LogP contribution in [0.25, 0.3) is 0 Å². The van der Waals surface area contributed by atoms with Crippen molar-refractivity contribution in [1.82, 2.24) is 0 Å². The zero-order valence-electron chi connectivity index (χ0n) is 42.3. The van der Waals surface area contributed by atoms with Gasteiger partial charge in [-0.3, -0.25) is 14.4 Å². The molecule has 0 N–H and O–H groups in total. The second-order valence-electron chi connectivity index (χ2n) is 18.1. The fraction of sp³-hybridized carbons (Fsp3) is 0.776. The van der Waals surface area contributed by atoms with Crippen LogP contribution < -0.4 is 0 Å². The van der Waals surface area contributed by atoms with E-state index in [4.69, 9.17) is 14.2 Å². The predicted octanol–water partition coefficient (Wildman–Crippen LogP) is 18.0. The Kier molecular flexibility index (Phi) is 50.4. The van der Waals surface area contributed by atoms with Gasteiger partial charge < -0.3 is 14.2 Å². The molecule has 0 bridgehead atoms. The molecule has 6 heteroatoms. The first kappa shape index (κ1) is 61.1. The SMILES string of the molecule is CC/C=C\C/C=C\C/C=C\C/C=C\C/C=C\CCCCCCCCCC(=O)OCC(COC(=O)CCCCCCCC)OC(=O)CCCCCCCCCCCCCCCCCCC. The number of esters is 3. The Labute approximate surface area is 396 Å². The Bertz CT molecular complexity index is 1170. The molecule has 0 aliphatic rings. The van der Waals surface area contributed by atoms with Crippen molar-refractivity contribution in [2.24, 2.45) is 0 Å². The minimum Gasteiger partial charge on any atom is -0.462 e. The first-order valence-electron chi connectivity index (χ1n) is 27.3. The maximum atomic E-state index is 12.8. The van der Waals surface area contributed by atoms with Crippen LogP contribution in [0.1, 0.15) is 271 Å². The number of ether oxygens (including phenoxy) is 3. The molecule has 6 nitrogen and oxygen atoms in total. The van der Waals surface area contributed by atoms with Gasteiger partial charge in [0.05, 0.1) is 0 Å². The quantitative estimate of drug-likeness (QED) is 0.0262. The molecule has 0 fully saturated rings. The van der Waals surface area contributed by atoms with E-state index in [9.17, 15) is 14.4 Å². The zero-order chi connectivity index (χ0) is 46.5. The van der Waals surface area contributed by atoms with Gasteiger partial charge in [-0.1, -0.05) is 248 Å². The van der Waals surface area contributed by atoms with Crippen LogP contribution in [0.4, 0.5) is 0 Å². The highest BCUT2D eigenvalue weighted by molar-refractivity contribution is 5.71. The first-order chi connectivity index (χ1) is 31.5. The van der Waals surface area contributed by atoms with Gasteiger partial charge in [0.2, 0.25) is 0 Å². The molecule has 0 heterocycles. The normalized spacial score (nSPS) is 12.5. The summed E-state index contributed by atoms with van der Waals surface area (Å²) in [6.07, 6.45) is 65.2. The number of carbonyl (C=O) groups excluding carboxylic acids is 3. The molecule has 0 saturated carbocycles. The Hall–Kier alpha value is -2.89. The molecule has 0 aliphatic heterocycles. The fourth-order valence-electron chi connectivity index (χ4n) is 7.70. The summed E-state index contributed by atoms with van der Waals surface area (Å²) in [5, 5.41) is 0. The van der Waals surface area contributed by atoms with Crippen molar-refractivity contribution in [2.75, 3.05) is 13.2 Å². The molecule has 0 aliphatic carbocycles. The van der Waals surface area contributed by atoms with Crippen LogP contribution >= 0.6 is 0 Å². The van der Waals surface area contributed by atoms with E-state index in [0.717, 1.165) is 96.3 Å². The van der Waals surface area contributed by atoms with E-state index in [1.54, 1.807) is 0 Å². The molecule has 64 heavy (non-hydrogen) atoms. The summed E-state index contributed by atoms with van der Waals surface area (Å²) in [6, 6.07) is 0. The first-order valence-corrected chi connectivity index (χ1v) is 27.3. The monoisotopic (exact) mass is 895 g/mol. The van der Waals surface area contributed by atoms with E-state index in [-0.39, 0.29) is 31.1 Å². The van der Waals surface area contributed by atoms with Gasteiger partial charge in [0.25, 0.3) is 0 Å². The van der Waals surface area contributed by atoms with Gasteiger partial charge >= 0.3 is 17.9 Å². The molecular formula is C58H102O6. The van der Waals surface area contributed by atoms with Crippen molar-refractivity contribution in [3.63, 3.8) is 0 Å². The predicted molar refractivity (Wildman–Crippen MR) is 275 cm³/mol. The third-order valence-corrected chi connectivity index (χ3v) is 11.8. The zero-order valence-corrected chi connectivity index (χ0v) is 42.3. The minimum atomic E-state index is -0.773. The van der Waals surface area contributed by atoms with Crippen LogP contribution in [0.15, 0.2) is 60.8 Å². The van der Waals surface area contributed by atoms with Gasteiger partial charge in [0, 0.05) is 19.3 Å². The number of rotatable bonds is 49. The van der Waals surface area contributed by atoms with Crippen molar-refractivity contribution < 1.29 is 28.6 Å². The molecule has 0 amide bonds. The van der Waals surface area contributed by atoms with Crippen molar-refractivity contribution in [1.29, 1.82) is 0 Å². The lowest BCUT2D eigenvalue weighted by Crippen LogP contribution is -2.30. The molecule has 0 aromatic rings. The lowest BCUT2D eigenvalue weighted by molar-refractivity contribution is -0.167. The third kappa shape index (κ3) is 50.1. The minimum absolute atomic E-state index is 0.0756. The summed E-state index contributed by atoms with van der Waals surface area (Å²) < 4.78 is 16.7. The Balaban J connectivity index is 4.18. The Morgan fingerprint density at radius 2 is 0.609 bits per heavy atom. The standard InChI is InChI=1S/C58H102O6/c1-4-7-10-13-16-18-20-22-24-26-27-28-29-30-31-33-34-36-38-40-42-45-48-51-57(60)63-54-55(53-62-56(59)50-47-44-15-12-9-6-3)64-58(61)52-49-46-43-41-39-37-35-32-25-23-21-19-17-14-11-8-5-2/h7,10,16,18,22,24,27-28,30-31,55H,4-6,8-9,11-15,17,19-21,23,25-26,29,32-54H2,1-3H3/b10-7-,18-16-,24-22-,28-27-,31-30-. The summed E-state index contributed by atoms with van der Waals surface area (Å²) in [5.74, 6) is -0.887. The summed E-state index contributed by atoms with van der Waals surface area (Å²) in [5.41, 5.74) is 0. The summed E-state index contributed by atoms with van der Waals surface area (Å²) in [6.45, 7) is 6.48. The lowest BCUT2D eigenvalue weighted by Gasteiger charge is -2.18. The third-order valence-electron chi connectivity index (χ3n) is 11.8. The second-order valence-corrected chi connectivity index (χ2v) is 18.1. The molecule has 0 rings (SSSR count). The largest absolute Gasteiger partial charge is 0.462 e. The number of hydrogen-bond donors (Lipinski definition) is 0. The van der Waals surface area contributed by atoms with Crippen LogP contribution in [0.5, 0.6) is 0 Å². The van der Waals surface area contributed by atoms with Gasteiger partial charge in [-0.25, -0.2) is 0 Å². The highest BCUT2D eigenvalue weighted by Crippen LogP contribution is 2.16. The van der Waals surface area contributed by atoms with Crippen molar-refractivity contribution in [3.05, 3.63) is 60.8 Å². The lowest BCUT2D eigenvalue weighted by atomic mass is 10.0. The summed E-state index contributed by atoms with van der Waals surface area (Å²) in [7, 11) is 0. The van der Waals surface area contributed by atoms with E-state index in [0.29, 0.717) is 19.3 Å². The number of unbranched alkanes of at least 4 members (excludes halogenated alkanes) is 28. The van der Waals surface area contributed by atoms with Gasteiger partial charge in [-0.15, -0.1) is 0 Å². The van der Waals surface area contributed by atoms with Crippen molar-refractivity contribution in [2.45, 2.75) is 277 Å². The molecule has 0 aromatic heterocycles. The van der Waals surface area contributed by atoms with Crippen LogP contribution in [-0.2, 0) is 28.6 Å². The van der Waals surface area contributed by atoms with E-state index in [1.165, 1.54) is 135 Å². The molecular weight excluding hydrogens is 793 g/mol. The van der Waals surface area contributed by atoms with Crippen molar-refractivity contribution >= 4 is 17.9 Å². The summed E-state index contributed by atoms with van der Waals surface area (Å²) in [4.78, 5) is 37.8. The smallest absolute Gasteiger partial charge is 0.306 e. The van der Waals surface area contributed by atoms with Gasteiger partial charge in [-0.05, 0) is 64.2 Å². The molecule has 0 saturated heterocycles. The molecule has 0 radical (unpaired) electrons. The molecule has 370 valence electrons. The maximum absolute atomic E-state index is 12.8. The van der Waals surface area contributed by atoms with Gasteiger partial charge in [-0.2, -0.15) is 0 Å². The van der Waals surface area contributed by atoms with E-state index >= 15 is 0 Å². The number of allylic oxidation sites excluding steroid dienone is 10. The van der Waals surface area contributed by atoms with Gasteiger partial charge in [0.1, 0.15) is 13.2 Å². The van der Waals surface area contributed by atoms with E-state index < -0.39 is 6.10 Å². The highest BCUT2D eigenvalue weighted by Gasteiger charge is 2.19. The van der Waals surface area contributed by atoms with Crippen molar-refractivity contribution in [3.8, 4) is 0 Å². The highest BCUT2D eigenvalue weighted by atomic mass is 16.6.